The Morgan fingerprint density at radius 1 is 1.06 bits per heavy atom. The average molecular weight is 450 g/mol. The molecule has 1 fully saturated rings. The summed E-state index contributed by atoms with van der Waals surface area (Å²) in [5, 5.41) is 8.94. The zero-order valence-corrected chi connectivity index (χ0v) is 19.1. The molecule has 166 valence electrons. The predicted molar refractivity (Wildman–Crippen MR) is 132 cm³/mol. The number of aliphatic imine (C=N–C) groups is 1. The van der Waals surface area contributed by atoms with Gasteiger partial charge in [-0.15, -0.1) is 0 Å². The number of anilines is 4. The van der Waals surface area contributed by atoms with Gasteiger partial charge in [0.05, 0.1) is 0 Å². The van der Waals surface area contributed by atoms with Crippen LogP contribution in [0.25, 0.3) is 5.65 Å². The summed E-state index contributed by atoms with van der Waals surface area (Å²) >= 11 is 1.97. The van der Waals surface area contributed by atoms with E-state index in [1.54, 1.807) is 6.20 Å². The van der Waals surface area contributed by atoms with Gasteiger partial charge in [-0.1, -0.05) is 13.0 Å². The first kappa shape index (κ1) is 20.8. The van der Waals surface area contributed by atoms with Crippen molar-refractivity contribution < 1.29 is 0 Å². The van der Waals surface area contributed by atoms with Crippen LogP contribution in [0.15, 0.2) is 53.6 Å². The lowest BCUT2D eigenvalue weighted by molar-refractivity contribution is 0.364. The molecule has 0 radical (unpaired) electrons. The first-order valence-electron chi connectivity index (χ1n) is 10.8. The largest absolute Gasteiger partial charge is 0.340 e. The van der Waals surface area contributed by atoms with Gasteiger partial charge in [0, 0.05) is 73.1 Å². The van der Waals surface area contributed by atoms with Crippen LogP contribution in [0.2, 0.25) is 0 Å². The number of rotatable bonds is 5. The van der Waals surface area contributed by atoms with E-state index >= 15 is 0 Å². The summed E-state index contributed by atoms with van der Waals surface area (Å²) in [6, 6.07) is 5.92. The lowest BCUT2D eigenvalue weighted by Crippen LogP contribution is -2.37. The van der Waals surface area contributed by atoms with Crippen LogP contribution in [0.3, 0.4) is 0 Å². The van der Waals surface area contributed by atoms with Crippen molar-refractivity contribution in [3.8, 4) is 0 Å². The van der Waals surface area contributed by atoms with Crippen molar-refractivity contribution in [2.75, 3.05) is 40.7 Å². The maximum Gasteiger partial charge on any atom is 0.232 e. The number of imidazole rings is 1. The predicted octanol–water partition coefficient (Wildman–Crippen LogP) is 4.00. The minimum Gasteiger partial charge on any atom is -0.340 e. The summed E-state index contributed by atoms with van der Waals surface area (Å²) < 4.78 is 1.97. The zero-order valence-electron chi connectivity index (χ0n) is 18.2. The van der Waals surface area contributed by atoms with Crippen LogP contribution in [0.1, 0.15) is 20.3 Å². The lowest BCUT2D eigenvalue weighted by Gasteiger charge is -2.27. The van der Waals surface area contributed by atoms with Crippen molar-refractivity contribution >= 4 is 46.5 Å². The first-order chi connectivity index (χ1) is 15.6. The standard InChI is InChI=1S/C22H27N9S/c1-15-11-16(2)24-18(12-15)26-22-27-19(14-20(28-22)29-31-7-9-32-10-8-31)25-17-3-5-30-6-4-23-21(30)13-17/h3-6,11,13-15H,7-10,12H2,1-2H3,(H3,24,25,26,27,28,29). The van der Waals surface area contributed by atoms with Gasteiger partial charge < -0.3 is 20.5 Å². The van der Waals surface area contributed by atoms with Crippen LogP contribution in [0.5, 0.6) is 0 Å². The van der Waals surface area contributed by atoms with Gasteiger partial charge in [-0.3, -0.25) is 0 Å². The van der Waals surface area contributed by atoms with E-state index in [9.17, 15) is 0 Å². The van der Waals surface area contributed by atoms with E-state index in [4.69, 9.17) is 9.97 Å². The molecule has 1 unspecified atom stereocenters. The molecule has 2 aliphatic rings. The number of aromatic nitrogens is 4. The second-order valence-corrected chi connectivity index (χ2v) is 9.30. The quantitative estimate of drug-likeness (QED) is 0.538. The molecule has 0 bridgehead atoms. The lowest BCUT2D eigenvalue weighted by atomic mass is 10.0. The third kappa shape index (κ3) is 5.03. The van der Waals surface area contributed by atoms with Crippen molar-refractivity contribution in [3.63, 3.8) is 0 Å². The van der Waals surface area contributed by atoms with Gasteiger partial charge in [0.25, 0.3) is 0 Å². The molecule has 5 rings (SSSR count). The fourth-order valence-corrected chi connectivity index (χ4v) is 4.78. The molecule has 3 aromatic rings. The van der Waals surface area contributed by atoms with Crippen LogP contribution >= 0.6 is 11.8 Å². The smallest absolute Gasteiger partial charge is 0.232 e. The monoisotopic (exact) mass is 449 g/mol. The molecule has 9 nitrogen and oxygen atoms in total. The molecule has 3 aromatic heterocycles. The molecule has 10 heteroatoms. The highest BCUT2D eigenvalue weighted by Gasteiger charge is 2.16. The minimum absolute atomic E-state index is 0.432. The third-order valence-corrected chi connectivity index (χ3v) is 6.23. The maximum absolute atomic E-state index is 4.72. The number of nitrogens with one attached hydrogen (secondary N) is 3. The van der Waals surface area contributed by atoms with E-state index in [-0.39, 0.29) is 0 Å². The normalized spacial score (nSPS) is 19.4. The Morgan fingerprint density at radius 3 is 2.75 bits per heavy atom. The van der Waals surface area contributed by atoms with Gasteiger partial charge in [0.1, 0.15) is 23.1 Å². The molecule has 5 heterocycles. The van der Waals surface area contributed by atoms with Crippen LogP contribution in [-0.4, -0.2) is 54.8 Å². The highest BCUT2D eigenvalue weighted by molar-refractivity contribution is 7.99. The summed E-state index contributed by atoms with van der Waals surface area (Å²) in [5.74, 6) is 5.50. The number of thioether (sulfide) groups is 1. The fraction of sp³-hybridized carbons (Fsp3) is 0.364. The number of hydrogen-bond donors (Lipinski definition) is 3. The highest BCUT2D eigenvalue weighted by atomic mass is 32.2. The van der Waals surface area contributed by atoms with Crippen LogP contribution in [0, 0.1) is 5.92 Å². The van der Waals surface area contributed by atoms with Gasteiger partial charge >= 0.3 is 0 Å². The maximum atomic E-state index is 4.72. The van der Waals surface area contributed by atoms with Gasteiger partial charge in [-0.25, -0.2) is 15.0 Å². The van der Waals surface area contributed by atoms with Gasteiger partial charge in [0.15, 0.2) is 0 Å². The Kier molecular flexibility index (Phi) is 5.95. The first-order valence-corrected chi connectivity index (χ1v) is 12.0. The number of hydrogen-bond acceptors (Lipinski definition) is 9. The average Bonchev–Trinajstić information content (AvgIpc) is 3.21. The van der Waals surface area contributed by atoms with E-state index in [0.29, 0.717) is 17.7 Å². The Hall–Kier alpha value is -3.11. The molecule has 0 aromatic carbocycles. The molecule has 0 amide bonds. The van der Waals surface area contributed by atoms with Crippen molar-refractivity contribution in [2.24, 2.45) is 10.9 Å². The molecule has 0 aliphatic carbocycles. The van der Waals surface area contributed by atoms with Gasteiger partial charge in [-0.05, 0) is 18.9 Å². The van der Waals surface area contributed by atoms with Crippen molar-refractivity contribution in [2.45, 2.75) is 20.3 Å². The fourth-order valence-electron chi connectivity index (χ4n) is 3.88. The van der Waals surface area contributed by atoms with Gasteiger partial charge in [0.2, 0.25) is 5.95 Å². The van der Waals surface area contributed by atoms with Crippen LogP contribution < -0.4 is 16.1 Å². The zero-order chi connectivity index (χ0) is 21.9. The molecule has 32 heavy (non-hydrogen) atoms. The Labute approximate surface area is 191 Å². The van der Waals surface area contributed by atoms with E-state index in [1.165, 1.54) is 0 Å². The molecule has 0 spiro atoms. The number of fused-ring (bicyclic) bond motifs is 1. The number of nitrogens with zero attached hydrogens (tertiary/aromatic N) is 6. The summed E-state index contributed by atoms with van der Waals surface area (Å²) in [4.78, 5) is 18.4. The van der Waals surface area contributed by atoms with Crippen LogP contribution in [0.4, 0.5) is 23.3 Å². The summed E-state index contributed by atoms with van der Waals surface area (Å²) in [7, 11) is 0. The Bertz CT molecular complexity index is 1160. The topological polar surface area (TPSA) is 94.8 Å². The molecule has 2 aliphatic heterocycles. The number of pyridine rings is 1. The molecule has 3 N–H and O–H groups in total. The second kappa shape index (κ2) is 9.17. The van der Waals surface area contributed by atoms with Crippen molar-refractivity contribution in [1.82, 2.24) is 24.4 Å². The third-order valence-electron chi connectivity index (χ3n) is 5.29. The highest BCUT2D eigenvalue weighted by Crippen LogP contribution is 2.23. The van der Waals surface area contributed by atoms with Gasteiger partial charge in [-0.2, -0.15) is 21.7 Å². The minimum atomic E-state index is 0.432. The Morgan fingerprint density at radius 2 is 1.91 bits per heavy atom. The molecule has 1 saturated heterocycles. The number of amidine groups is 1. The molecular formula is C22H27N9S. The summed E-state index contributed by atoms with van der Waals surface area (Å²) in [5.41, 5.74) is 6.25. The second-order valence-electron chi connectivity index (χ2n) is 8.08. The SMILES string of the molecule is CC1=CC(C)CC(Nc2nc(Nc3ccn4ccnc4c3)cc(NN3CCSCC3)n2)=N1. The van der Waals surface area contributed by atoms with E-state index < -0.39 is 0 Å². The Balaban J connectivity index is 1.42. The summed E-state index contributed by atoms with van der Waals surface area (Å²) in [6.07, 6.45) is 8.70. The van der Waals surface area contributed by atoms with Crippen molar-refractivity contribution in [1.29, 1.82) is 0 Å². The molecular weight excluding hydrogens is 422 g/mol. The van der Waals surface area contributed by atoms with Crippen LogP contribution in [-0.2, 0) is 0 Å². The van der Waals surface area contributed by atoms with Crippen molar-refractivity contribution in [3.05, 3.63) is 48.6 Å². The summed E-state index contributed by atoms with van der Waals surface area (Å²) in [6.45, 7) is 6.16. The number of allylic oxidation sites excluding steroid dienone is 2. The number of hydrazine groups is 1. The van der Waals surface area contributed by atoms with E-state index in [1.807, 2.05) is 53.7 Å². The molecule has 0 saturated carbocycles. The van der Waals surface area contributed by atoms with E-state index in [2.05, 4.69) is 44.0 Å². The van der Waals surface area contributed by atoms with E-state index in [0.717, 1.165) is 59.7 Å². The molecule has 1 atom stereocenters.